The van der Waals surface area contributed by atoms with Crippen LogP contribution in [-0.2, 0) is 23.2 Å². The number of rotatable bonds is 14. The fourth-order valence-corrected chi connectivity index (χ4v) is 9.14. The lowest BCUT2D eigenvalue weighted by molar-refractivity contribution is -0.127. The van der Waals surface area contributed by atoms with E-state index < -0.39 is 46.2 Å². The van der Waals surface area contributed by atoms with Gasteiger partial charge in [-0.25, -0.2) is 66.8 Å². The molecule has 24 nitrogen and oxygen atoms in total. The van der Waals surface area contributed by atoms with E-state index in [0.29, 0.717) is 92.2 Å². The molecule has 2 aliphatic rings. The maximum absolute atomic E-state index is 15.7. The number of carbonyl (C=O) groups is 2. The fraction of sp³-hybridized carbons (Fsp3) is 0.192. The van der Waals surface area contributed by atoms with E-state index in [1.54, 1.807) is 51.9 Å². The fourth-order valence-electron chi connectivity index (χ4n) is 9.14. The number of nitrogens with one attached hydrogen (secondary N) is 2. The molecular formula is C52H41F5N20O4. The number of anilines is 6. The lowest BCUT2D eigenvalue weighted by atomic mass is 10.2. The Hall–Kier alpha value is -10.6. The van der Waals surface area contributed by atoms with Crippen molar-refractivity contribution in [1.29, 1.82) is 0 Å². The van der Waals surface area contributed by atoms with Gasteiger partial charge in [0, 0.05) is 95.8 Å². The molecule has 408 valence electrons. The quantitative estimate of drug-likeness (QED) is 0.0653. The first-order chi connectivity index (χ1) is 39.3. The molecule has 0 saturated carbocycles. The van der Waals surface area contributed by atoms with E-state index in [9.17, 15) is 9.59 Å². The van der Waals surface area contributed by atoms with E-state index in [2.05, 4.69) is 77.7 Å². The number of hydrogen-bond acceptors (Lipinski definition) is 20. The van der Waals surface area contributed by atoms with Crippen molar-refractivity contribution in [3.8, 4) is 23.0 Å². The van der Waals surface area contributed by atoms with Crippen LogP contribution in [0.4, 0.5) is 56.9 Å². The van der Waals surface area contributed by atoms with Crippen LogP contribution in [0.15, 0.2) is 104 Å². The van der Waals surface area contributed by atoms with Crippen molar-refractivity contribution in [3.05, 3.63) is 134 Å². The van der Waals surface area contributed by atoms with Gasteiger partial charge in [0.15, 0.2) is 40.7 Å². The lowest BCUT2D eigenvalue weighted by Crippen LogP contribution is -2.48. The van der Waals surface area contributed by atoms with Crippen LogP contribution in [0.1, 0.15) is 0 Å². The summed E-state index contributed by atoms with van der Waals surface area (Å²) in [5.41, 5.74) is 1.70. The molecule has 0 spiro atoms. The van der Waals surface area contributed by atoms with Crippen LogP contribution >= 0.6 is 0 Å². The van der Waals surface area contributed by atoms with E-state index in [1.807, 2.05) is 9.80 Å². The van der Waals surface area contributed by atoms with Crippen LogP contribution in [0.5, 0.6) is 23.0 Å². The number of amides is 2. The zero-order chi connectivity index (χ0) is 55.9. The molecule has 6 aromatic heterocycles. The Balaban J connectivity index is 0.653. The average Bonchev–Trinajstić information content (AvgIpc) is 4.11. The molecule has 0 atom stereocenters. The Bertz CT molecular complexity index is 4140. The minimum absolute atomic E-state index is 0.00616. The third-order valence-electron chi connectivity index (χ3n) is 13.3. The number of halogens is 5. The van der Waals surface area contributed by atoms with E-state index in [-0.39, 0.29) is 64.0 Å². The minimum Gasteiger partial charge on any atom is -0.457 e. The van der Waals surface area contributed by atoms with Gasteiger partial charge in [-0.3, -0.25) is 9.59 Å². The van der Waals surface area contributed by atoms with Crippen LogP contribution in [0.3, 0.4) is 0 Å². The second kappa shape index (κ2) is 21.3. The van der Waals surface area contributed by atoms with Gasteiger partial charge in [-0.05, 0) is 30.3 Å². The summed E-state index contributed by atoms with van der Waals surface area (Å²) < 4.78 is 92.4. The summed E-state index contributed by atoms with van der Waals surface area (Å²) in [6.45, 7) is 6.65. The molecule has 0 aliphatic carbocycles. The van der Waals surface area contributed by atoms with E-state index in [4.69, 9.17) is 9.47 Å². The van der Waals surface area contributed by atoms with E-state index in [0.717, 1.165) is 24.0 Å². The normalized spacial score (nSPS) is 14.0. The van der Waals surface area contributed by atoms with Crippen molar-refractivity contribution in [2.24, 2.45) is 7.05 Å². The highest BCUT2D eigenvalue weighted by Crippen LogP contribution is 2.36. The Labute approximate surface area is 453 Å². The molecule has 2 fully saturated rings. The Morgan fingerprint density at radius 3 is 1.75 bits per heavy atom. The summed E-state index contributed by atoms with van der Waals surface area (Å²) in [5, 5.41) is 21.5. The number of aryl methyl sites for hydroxylation is 1. The zero-order valence-corrected chi connectivity index (χ0v) is 42.4. The Morgan fingerprint density at radius 2 is 1.14 bits per heavy atom. The highest BCUT2D eigenvalue weighted by molar-refractivity contribution is 5.90. The summed E-state index contributed by atoms with van der Waals surface area (Å²) in [7, 11) is 1.74. The lowest BCUT2D eigenvalue weighted by Gasteiger charge is -2.34. The third kappa shape index (κ3) is 10.2. The molecule has 8 heterocycles. The topological polar surface area (TPSA) is 254 Å². The van der Waals surface area contributed by atoms with Gasteiger partial charge in [-0.15, -0.1) is 10.2 Å². The molecule has 0 bridgehead atoms. The molecule has 10 aromatic rings. The van der Waals surface area contributed by atoms with Gasteiger partial charge in [-0.1, -0.05) is 23.1 Å². The third-order valence-corrected chi connectivity index (χ3v) is 13.3. The first kappa shape index (κ1) is 51.2. The highest BCUT2D eigenvalue weighted by Gasteiger charge is 2.27. The van der Waals surface area contributed by atoms with Gasteiger partial charge >= 0.3 is 0 Å². The number of benzene rings is 4. The first-order valence-electron chi connectivity index (χ1n) is 24.8. The van der Waals surface area contributed by atoms with Crippen molar-refractivity contribution < 1.29 is 41.0 Å². The number of fused-ring (bicyclic) bond motifs is 4. The maximum atomic E-state index is 15.7. The van der Waals surface area contributed by atoms with Crippen molar-refractivity contribution >= 4 is 90.9 Å². The SMILES string of the molecule is C=CC(=O)N1CCN(c2ncc3ncnc(Nc4c(F)cc(Oc5ccc6c(c5)nnn6C/C=C/C(=O)N5CCN(c6ncc7ncnc(Nc8c(F)cc(Oc9ccc%10c(c9)nnn%10C)cc8F)c7n6)CC5)c(F)c4F)c3n2)CC1. The van der Waals surface area contributed by atoms with Gasteiger partial charge in [0.1, 0.15) is 74.4 Å². The van der Waals surface area contributed by atoms with Crippen LogP contribution < -0.4 is 29.9 Å². The summed E-state index contributed by atoms with van der Waals surface area (Å²) in [5.74, 6) is -6.63. The van der Waals surface area contributed by atoms with Crippen LogP contribution in [0, 0.1) is 29.1 Å². The zero-order valence-electron chi connectivity index (χ0n) is 42.4. The van der Waals surface area contributed by atoms with Crippen molar-refractivity contribution in [3.63, 3.8) is 0 Å². The van der Waals surface area contributed by atoms with E-state index >= 15 is 22.0 Å². The summed E-state index contributed by atoms with van der Waals surface area (Å²) in [6.07, 6.45) is 9.54. The van der Waals surface area contributed by atoms with Gasteiger partial charge in [0.2, 0.25) is 29.5 Å². The monoisotopic (exact) mass is 1100 g/mol. The maximum Gasteiger partial charge on any atom is 0.246 e. The highest BCUT2D eigenvalue weighted by atomic mass is 19.2. The molecule has 12 rings (SSSR count). The number of aromatic nitrogens is 14. The minimum atomic E-state index is -1.58. The average molecular weight is 1110 g/mol. The van der Waals surface area contributed by atoms with E-state index in [1.165, 1.54) is 47.7 Å². The standard InChI is InChI=1S/C52H41F5N20O4/c1-3-41(78)73-11-15-75(16-12-73)52-59-25-37-48(67-52)50(63-27-61-37)65-46-33(55)23-40(43(56)44(46)57)81-29-7-9-39-35(22-29)69-71-77(39)10-4-5-42(79)74-13-17-76(18-14-74)51-58-24-36-47(66-51)49(62-26-60-36)64-45-31(53)19-30(20-32(45)54)80-28-6-8-38-34(21-28)68-70-72(38)2/h3-9,19-27H,1,10-18H2,2H3,(H,60,62,64)(H,61,63,65)/b5-4+. The van der Waals surface area contributed by atoms with Crippen molar-refractivity contribution in [2.45, 2.75) is 6.54 Å². The van der Waals surface area contributed by atoms with Crippen LogP contribution in [-0.4, -0.2) is 144 Å². The summed E-state index contributed by atoms with van der Waals surface area (Å²) in [4.78, 5) is 67.0. The van der Waals surface area contributed by atoms with Crippen molar-refractivity contribution in [2.75, 3.05) is 72.8 Å². The molecule has 2 amide bonds. The van der Waals surface area contributed by atoms with Gasteiger partial charge in [-0.2, -0.15) is 4.39 Å². The summed E-state index contributed by atoms with van der Waals surface area (Å²) in [6, 6.07) is 12.2. The number of nitrogens with zero attached hydrogens (tertiary/aromatic N) is 18. The Kier molecular flexibility index (Phi) is 13.5. The number of piperazine rings is 2. The molecule has 2 aliphatic heterocycles. The molecule has 29 heteroatoms. The van der Waals surface area contributed by atoms with Gasteiger partial charge in [0.25, 0.3) is 0 Å². The first-order valence-corrected chi connectivity index (χ1v) is 24.8. The van der Waals surface area contributed by atoms with Crippen LogP contribution in [0.2, 0.25) is 0 Å². The number of carbonyl (C=O) groups excluding carboxylic acids is 2. The molecule has 0 unspecified atom stereocenters. The molecule has 4 aromatic carbocycles. The number of ether oxygens (including phenoxy) is 2. The second-order valence-corrected chi connectivity index (χ2v) is 18.3. The molecule has 2 saturated heterocycles. The molecule has 2 N–H and O–H groups in total. The van der Waals surface area contributed by atoms with Gasteiger partial charge < -0.3 is 39.7 Å². The molecular weight excluding hydrogens is 1060 g/mol. The van der Waals surface area contributed by atoms with Gasteiger partial charge in [0.05, 0.1) is 30.0 Å². The number of hydrogen-bond donors (Lipinski definition) is 2. The van der Waals surface area contributed by atoms with Crippen molar-refractivity contribution in [1.82, 2.24) is 79.7 Å². The summed E-state index contributed by atoms with van der Waals surface area (Å²) >= 11 is 0. The predicted molar refractivity (Wildman–Crippen MR) is 283 cm³/mol. The largest absolute Gasteiger partial charge is 0.457 e. The number of allylic oxidation sites excluding steroid dienone is 1. The van der Waals surface area contributed by atoms with Crippen LogP contribution in [0.25, 0.3) is 44.1 Å². The Morgan fingerprint density at radius 1 is 0.593 bits per heavy atom. The second-order valence-electron chi connectivity index (χ2n) is 18.3. The smallest absolute Gasteiger partial charge is 0.246 e. The predicted octanol–water partition coefficient (Wildman–Crippen LogP) is 6.69. The molecule has 0 radical (unpaired) electrons. The molecule has 81 heavy (non-hydrogen) atoms.